The van der Waals surface area contributed by atoms with Crippen LogP contribution in [-0.4, -0.2) is 36.2 Å². The second-order valence-corrected chi connectivity index (χ2v) is 4.27. The fourth-order valence-electron chi connectivity index (χ4n) is 1.49. The number of aromatic hydroxyl groups is 1. The molecule has 0 fully saturated rings. The fourth-order valence-corrected chi connectivity index (χ4v) is 1.49. The molecular weight excluding hydrogens is 289 g/mol. The summed E-state index contributed by atoms with van der Waals surface area (Å²) in [7, 11) is 0. The Kier molecular flexibility index (Phi) is 6.01. The number of phenolic OH excluding ortho intramolecular Hbond substituents is 1. The van der Waals surface area contributed by atoms with E-state index in [9.17, 15) is 22.8 Å². The van der Waals surface area contributed by atoms with Crippen LogP contribution in [0, 0.1) is 0 Å². The zero-order valence-corrected chi connectivity index (χ0v) is 11.0. The molecule has 5 nitrogen and oxygen atoms in total. The summed E-state index contributed by atoms with van der Waals surface area (Å²) in [4.78, 5) is 21.8. The molecule has 1 aromatic rings. The quantitative estimate of drug-likeness (QED) is 0.737. The zero-order chi connectivity index (χ0) is 15.9. The van der Waals surface area contributed by atoms with Crippen LogP contribution in [0.15, 0.2) is 24.3 Å². The number of hydrogen-bond donors (Lipinski definition) is 3. The third kappa shape index (κ3) is 6.64. The maximum Gasteiger partial charge on any atom is 0.471 e. The molecule has 2 amide bonds. The number of carbonyl (C=O) groups is 2. The van der Waals surface area contributed by atoms with Gasteiger partial charge in [-0.05, 0) is 24.1 Å². The molecule has 116 valence electrons. The summed E-state index contributed by atoms with van der Waals surface area (Å²) in [5.74, 6) is -2.36. The molecule has 0 radical (unpaired) electrons. The van der Waals surface area contributed by atoms with E-state index in [2.05, 4.69) is 5.32 Å². The topological polar surface area (TPSA) is 78.4 Å². The third-order valence-electron chi connectivity index (χ3n) is 2.57. The zero-order valence-electron chi connectivity index (χ0n) is 11.0. The number of alkyl halides is 3. The van der Waals surface area contributed by atoms with E-state index < -0.39 is 18.0 Å². The van der Waals surface area contributed by atoms with Crippen molar-refractivity contribution < 1.29 is 27.9 Å². The van der Waals surface area contributed by atoms with Crippen LogP contribution in [-0.2, 0) is 16.0 Å². The molecule has 0 aliphatic heterocycles. The molecule has 0 saturated heterocycles. The highest BCUT2D eigenvalue weighted by Gasteiger charge is 2.38. The van der Waals surface area contributed by atoms with Crippen LogP contribution in [0.4, 0.5) is 13.2 Å². The van der Waals surface area contributed by atoms with E-state index in [1.807, 2.05) is 0 Å². The second kappa shape index (κ2) is 7.51. The maximum atomic E-state index is 11.9. The molecule has 0 bridgehead atoms. The summed E-state index contributed by atoms with van der Waals surface area (Å²) in [5.41, 5.74) is 0.901. The largest absolute Gasteiger partial charge is 0.508 e. The van der Waals surface area contributed by atoms with Gasteiger partial charge in [-0.2, -0.15) is 13.2 Å². The van der Waals surface area contributed by atoms with E-state index in [1.54, 1.807) is 17.4 Å². The van der Waals surface area contributed by atoms with Crippen molar-refractivity contribution in [2.24, 2.45) is 0 Å². The number of benzene rings is 1. The number of amides is 2. The van der Waals surface area contributed by atoms with E-state index in [4.69, 9.17) is 5.11 Å². The smallest absolute Gasteiger partial charge is 0.471 e. The van der Waals surface area contributed by atoms with Crippen LogP contribution in [0.25, 0.3) is 0 Å². The first-order chi connectivity index (χ1) is 9.79. The summed E-state index contributed by atoms with van der Waals surface area (Å²) < 4.78 is 35.6. The average Bonchev–Trinajstić information content (AvgIpc) is 2.40. The SMILES string of the molecule is O=C(CCNC(=O)C(F)(F)F)NCCc1ccc(O)cc1. The minimum atomic E-state index is -4.94. The molecule has 1 aromatic carbocycles. The Balaban J connectivity index is 2.17. The molecule has 0 saturated carbocycles. The summed E-state index contributed by atoms with van der Waals surface area (Å²) in [6.07, 6.45) is -4.63. The predicted octanol–water partition coefficient (Wildman–Crippen LogP) is 1.12. The van der Waals surface area contributed by atoms with Gasteiger partial charge < -0.3 is 15.7 Å². The Hall–Kier alpha value is -2.25. The van der Waals surface area contributed by atoms with Crippen LogP contribution < -0.4 is 10.6 Å². The number of nitrogens with one attached hydrogen (secondary N) is 2. The summed E-state index contributed by atoms with van der Waals surface area (Å²) >= 11 is 0. The van der Waals surface area contributed by atoms with Crippen molar-refractivity contribution in [1.82, 2.24) is 10.6 Å². The van der Waals surface area contributed by atoms with Gasteiger partial charge in [0.05, 0.1) is 0 Å². The molecular formula is C13H15F3N2O3. The van der Waals surface area contributed by atoms with Gasteiger partial charge >= 0.3 is 12.1 Å². The lowest BCUT2D eigenvalue weighted by Crippen LogP contribution is -2.39. The van der Waals surface area contributed by atoms with Crippen molar-refractivity contribution in [3.05, 3.63) is 29.8 Å². The van der Waals surface area contributed by atoms with Crippen molar-refractivity contribution in [2.45, 2.75) is 19.0 Å². The highest BCUT2D eigenvalue weighted by atomic mass is 19.4. The molecule has 8 heteroatoms. The van der Waals surface area contributed by atoms with E-state index in [0.29, 0.717) is 13.0 Å². The van der Waals surface area contributed by atoms with Crippen molar-refractivity contribution >= 4 is 11.8 Å². The van der Waals surface area contributed by atoms with E-state index in [1.165, 1.54) is 12.1 Å². The van der Waals surface area contributed by atoms with Gasteiger partial charge in [0.15, 0.2) is 0 Å². The molecule has 21 heavy (non-hydrogen) atoms. The van der Waals surface area contributed by atoms with Crippen LogP contribution in [0.2, 0.25) is 0 Å². The first-order valence-electron chi connectivity index (χ1n) is 6.18. The highest BCUT2D eigenvalue weighted by Crippen LogP contribution is 2.13. The van der Waals surface area contributed by atoms with Gasteiger partial charge in [-0.3, -0.25) is 9.59 Å². The molecule has 0 atom stereocenters. The van der Waals surface area contributed by atoms with Gasteiger partial charge in [0.25, 0.3) is 0 Å². The summed E-state index contributed by atoms with van der Waals surface area (Å²) in [5, 5.41) is 13.2. The van der Waals surface area contributed by atoms with E-state index in [-0.39, 0.29) is 18.7 Å². The van der Waals surface area contributed by atoms with Crippen molar-refractivity contribution in [3.8, 4) is 5.75 Å². The molecule has 0 heterocycles. The minimum absolute atomic E-state index is 0.142. The second-order valence-electron chi connectivity index (χ2n) is 4.27. The number of phenols is 1. The van der Waals surface area contributed by atoms with Gasteiger partial charge in [0.1, 0.15) is 5.75 Å². The van der Waals surface area contributed by atoms with Crippen molar-refractivity contribution in [2.75, 3.05) is 13.1 Å². The Bertz CT molecular complexity index is 486. The van der Waals surface area contributed by atoms with Gasteiger partial charge in [-0.25, -0.2) is 0 Å². The molecule has 3 N–H and O–H groups in total. The van der Waals surface area contributed by atoms with Crippen LogP contribution >= 0.6 is 0 Å². The molecule has 0 unspecified atom stereocenters. The maximum absolute atomic E-state index is 11.9. The Morgan fingerprint density at radius 2 is 1.67 bits per heavy atom. The van der Waals surface area contributed by atoms with Gasteiger partial charge in [-0.1, -0.05) is 12.1 Å². The summed E-state index contributed by atoms with van der Waals surface area (Å²) in [6.45, 7) is -0.0553. The highest BCUT2D eigenvalue weighted by molar-refractivity contribution is 5.82. The lowest BCUT2D eigenvalue weighted by molar-refractivity contribution is -0.173. The Morgan fingerprint density at radius 3 is 2.24 bits per heavy atom. The van der Waals surface area contributed by atoms with Crippen LogP contribution in [0.5, 0.6) is 5.75 Å². The van der Waals surface area contributed by atoms with E-state index in [0.717, 1.165) is 5.56 Å². The standard InChI is InChI=1S/C13H15F3N2O3/c14-13(15,16)12(21)18-8-6-11(20)17-7-5-9-1-3-10(19)4-2-9/h1-4,19H,5-8H2,(H,17,20)(H,18,21). The number of hydrogen-bond acceptors (Lipinski definition) is 3. The van der Waals surface area contributed by atoms with Crippen LogP contribution in [0.3, 0.4) is 0 Å². The molecule has 0 spiro atoms. The first kappa shape index (κ1) is 16.8. The average molecular weight is 304 g/mol. The van der Waals surface area contributed by atoms with Crippen LogP contribution in [0.1, 0.15) is 12.0 Å². The Morgan fingerprint density at radius 1 is 1.05 bits per heavy atom. The fraction of sp³-hybridized carbons (Fsp3) is 0.385. The number of halogens is 3. The lowest BCUT2D eigenvalue weighted by Gasteiger charge is -2.08. The first-order valence-corrected chi connectivity index (χ1v) is 6.18. The van der Waals surface area contributed by atoms with E-state index >= 15 is 0 Å². The van der Waals surface area contributed by atoms with Gasteiger partial charge in [0.2, 0.25) is 5.91 Å². The van der Waals surface area contributed by atoms with Crippen molar-refractivity contribution in [1.29, 1.82) is 0 Å². The number of carbonyl (C=O) groups excluding carboxylic acids is 2. The predicted molar refractivity (Wildman–Crippen MR) is 68.5 cm³/mol. The van der Waals surface area contributed by atoms with Gasteiger partial charge in [-0.15, -0.1) is 0 Å². The third-order valence-corrected chi connectivity index (χ3v) is 2.57. The van der Waals surface area contributed by atoms with Crippen molar-refractivity contribution in [3.63, 3.8) is 0 Å². The molecule has 0 aliphatic rings. The Labute approximate surface area is 119 Å². The molecule has 0 aromatic heterocycles. The molecule has 1 rings (SSSR count). The normalized spacial score (nSPS) is 11.0. The number of rotatable bonds is 6. The lowest BCUT2D eigenvalue weighted by atomic mass is 10.1. The minimum Gasteiger partial charge on any atom is -0.508 e. The van der Waals surface area contributed by atoms with Gasteiger partial charge in [0, 0.05) is 19.5 Å². The monoisotopic (exact) mass is 304 g/mol. The molecule has 0 aliphatic carbocycles. The summed E-state index contributed by atoms with van der Waals surface area (Å²) in [6, 6.07) is 6.43.